The molecular weight excluding hydrogens is 350 g/mol. The van der Waals surface area contributed by atoms with Gasteiger partial charge in [-0.15, -0.1) is 0 Å². The predicted octanol–water partition coefficient (Wildman–Crippen LogP) is 4.55. The number of hydrogen-bond donors (Lipinski definition) is 2. The number of hydrogen-bond acceptors (Lipinski definition) is 3. The highest BCUT2D eigenvalue weighted by Gasteiger charge is 2.10. The highest BCUT2D eigenvalue weighted by Crippen LogP contribution is 2.20. The van der Waals surface area contributed by atoms with Gasteiger partial charge in [-0.3, -0.25) is 14.6 Å². The normalized spacial score (nSPS) is 10.2. The van der Waals surface area contributed by atoms with Crippen LogP contribution in [0.5, 0.6) is 0 Å². The summed E-state index contributed by atoms with van der Waals surface area (Å²) >= 11 is 5.92. The van der Waals surface area contributed by atoms with Gasteiger partial charge in [0.1, 0.15) is 5.69 Å². The van der Waals surface area contributed by atoms with Crippen LogP contribution in [-0.2, 0) is 0 Å². The van der Waals surface area contributed by atoms with Crippen LogP contribution in [0.1, 0.15) is 26.4 Å². The van der Waals surface area contributed by atoms with Gasteiger partial charge in [0.2, 0.25) is 0 Å². The van der Waals surface area contributed by atoms with Gasteiger partial charge >= 0.3 is 0 Å². The molecule has 26 heavy (non-hydrogen) atoms. The fourth-order valence-corrected chi connectivity index (χ4v) is 2.59. The van der Waals surface area contributed by atoms with Crippen molar-refractivity contribution in [3.8, 4) is 0 Å². The number of aromatic nitrogens is 1. The van der Waals surface area contributed by atoms with Gasteiger partial charge in [0, 0.05) is 28.2 Å². The van der Waals surface area contributed by atoms with E-state index < -0.39 is 0 Å². The zero-order valence-electron chi connectivity index (χ0n) is 14.0. The molecule has 0 aliphatic rings. The van der Waals surface area contributed by atoms with Crippen LogP contribution in [0.4, 0.5) is 11.4 Å². The quantitative estimate of drug-likeness (QED) is 0.712. The van der Waals surface area contributed by atoms with Crippen LogP contribution in [0.15, 0.2) is 66.9 Å². The molecule has 0 saturated carbocycles. The Balaban J connectivity index is 1.67. The molecule has 2 amide bonds. The van der Waals surface area contributed by atoms with Crippen molar-refractivity contribution >= 4 is 34.8 Å². The summed E-state index contributed by atoms with van der Waals surface area (Å²) < 4.78 is 0. The molecule has 0 bridgehead atoms. The molecule has 1 heterocycles. The van der Waals surface area contributed by atoms with E-state index in [2.05, 4.69) is 15.6 Å². The second-order valence-electron chi connectivity index (χ2n) is 5.66. The fourth-order valence-electron chi connectivity index (χ4n) is 2.36. The third-order valence-corrected chi connectivity index (χ3v) is 3.97. The minimum atomic E-state index is -0.306. The van der Waals surface area contributed by atoms with Crippen LogP contribution in [0, 0.1) is 6.92 Å². The molecule has 0 aliphatic carbocycles. The molecule has 0 fully saturated rings. The third kappa shape index (κ3) is 4.26. The number of carbonyl (C=O) groups is 2. The van der Waals surface area contributed by atoms with Crippen molar-refractivity contribution in [3.63, 3.8) is 0 Å². The van der Waals surface area contributed by atoms with Crippen LogP contribution in [0.25, 0.3) is 0 Å². The van der Waals surface area contributed by atoms with Gasteiger partial charge in [0.15, 0.2) is 0 Å². The Labute approximate surface area is 156 Å². The maximum absolute atomic E-state index is 12.4. The number of anilines is 2. The van der Waals surface area contributed by atoms with E-state index in [-0.39, 0.29) is 11.8 Å². The lowest BCUT2D eigenvalue weighted by atomic mass is 10.1. The Morgan fingerprint density at radius 3 is 2.35 bits per heavy atom. The van der Waals surface area contributed by atoms with E-state index >= 15 is 0 Å². The lowest BCUT2D eigenvalue weighted by Crippen LogP contribution is -2.14. The highest BCUT2D eigenvalue weighted by molar-refractivity contribution is 6.30. The Morgan fingerprint density at radius 1 is 0.923 bits per heavy atom. The lowest BCUT2D eigenvalue weighted by Gasteiger charge is -2.09. The van der Waals surface area contributed by atoms with Gasteiger partial charge in [0.25, 0.3) is 11.8 Å². The summed E-state index contributed by atoms with van der Waals surface area (Å²) in [6.45, 7) is 1.87. The average molecular weight is 366 g/mol. The summed E-state index contributed by atoms with van der Waals surface area (Å²) in [5.74, 6) is -0.544. The van der Waals surface area contributed by atoms with E-state index in [0.717, 1.165) is 5.56 Å². The molecule has 6 heteroatoms. The van der Waals surface area contributed by atoms with Gasteiger partial charge in [0.05, 0.1) is 0 Å². The second kappa shape index (κ2) is 7.80. The molecular formula is C20H16ClN3O2. The molecule has 3 rings (SSSR count). The van der Waals surface area contributed by atoms with E-state index in [1.165, 1.54) is 0 Å². The minimum absolute atomic E-state index is 0.238. The Bertz CT molecular complexity index is 941. The topological polar surface area (TPSA) is 71.1 Å². The van der Waals surface area contributed by atoms with Crippen molar-refractivity contribution < 1.29 is 9.59 Å². The zero-order chi connectivity index (χ0) is 18.5. The first kappa shape index (κ1) is 17.6. The van der Waals surface area contributed by atoms with E-state index in [0.29, 0.717) is 27.7 Å². The van der Waals surface area contributed by atoms with Crippen LogP contribution in [0.2, 0.25) is 5.02 Å². The van der Waals surface area contributed by atoms with Crippen LogP contribution < -0.4 is 10.6 Å². The smallest absolute Gasteiger partial charge is 0.274 e. The molecule has 2 aromatic carbocycles. The summed E-state index contributed by atoms with van der Waals surface area (Å²) in [5, 5.41) is 6.21. The number of nitrogens with zero attached hydrogens (tertiary/aromatic N) is 1. The number of amides is 2. The Hall–Kier alpha value is -3.18. The van der Waals surface area contributed by atoms with Crippen LogP contribution in [-0.4, -0.2) is 16.8 Å². The maximum atomic E-state index is 12.4. The second-order valence-corrected chi connectivity index (χ2v) is 6.10. The van der Waals surface area contributed by atoms with Crippen molar-refractivity contribution in [1.82, 2.24) is 4.98 Å². The van der Waals surface area contributed by atoms with Crippen molar-refractivity contribution in [2.24, 2.45) is 0 Å². The van der Waals surface area contributed by atoms with E-state index in [9.17, 15) is 9.59 Å². The number of carbonyl (C=O) groups excluding carboxylic acids is 2. The third-order valence-electron chi connectivity index (χ3n) is 3.74. The number of benzene rings is 2. The summed E-state index contributed by atoms with van der Waals surface area (Å²) in [6.07, 6.45) is 1.56. The van der Waals surface area contributed by atoms with E-state index in [4.69, 9.17) is 11.6 Å². The molecule has 1 aromatic heterocycles. The van der Waals surface area contributed by atoms with Gasteiger partial charge in [-0.1, -0.05) is 17.7 Å². The first-order valence-corrected chi connectivity index (χ1v) is 8.31. The predicted molar refractivity (Wildman–Crippen MR) is 103 cm³/mol. The molecule has 0 radical (unpaired) electrons. The minimum Gasteiger partial charge on any atom is -0.322 e. The largest absolute Gasteiger partial charge is 0.322 e. The fraction of sp³-hybridized carbons (Fsp3) is 0.0500. The molecule has 0 atom stereocenters. The zero-order valence-corrected chi connectivity index (χ0v) is 14.7. The van der Waals surface area contributed by atoms with Crippen molar-refractivity contribution in [1.29, 1.82) is 0 Å². The monoisotopic (exact) mass is 365 g/mol. The summed E-state index contributed by atoms with van der Waals surface area (Å²) in [6, 6.07) is 17.0. The summed E-state index contributed by atoms with van der Waals surface area (Å²) in [4.78, 5) is 28.4. The van der Waals surface area contributed by atoms with Crippen molar-refractivity contribution in [2.75, 3.05) is 10.6 Å². The van der Waals surface area contributed by atoms with Crippen LogP contribution in [0.3, 0.4) is 0 Å². The first-order valence-electron chi connectivity index (χ1n) is 7.93. The lowest BCUT2D eigenvalue weighted by molar-refractivity contribution is 0.101. The molecule has 0 saturated heterocycles. The first-order chi connectivity index (χ1) is 12.5. The van der Waals surface area contributed by atoms with Gasteiger partial charge in [-0.05, 0) is 67.1 Å². The molecule has 0 unspecified atom stereocenters. The molecule has 2 N–H and O–H groups in total. The number of rotatable bonds is 4. The molecule has 0 spiro atoms. The maximum Gasteiger partial charge on any atom is 0.274 e. The van der Waals surface area contributed by atoms with E-state index in [1.54, 1.807) is 66.9 Å². The SMILES string of the molecule is Cc1cc(Cl)ccc1NC(=O)c1ccc(NC(=O)c2ccccn2)cc1. The summed E-state index contributed by atoms with van der Waals surface area (Å²) in [7, 11) is 0. The van der Waals surface area contributed by atoms with Gasteiger partial charge < -0.3 is 10.6 Å². The van der Waals surface area contributed by atoms with Crippen molar-refractivity contribution in [3.05, 3.63) is 88.7 Å². The number of nitrogens with one attached hydrogen (secondary N) is 2. The van der Waals surface area contributed by atoms with E-state index in [1.807, 2.05) is 6.92 Å². The van der Waals surface area contributed by atoms with Crippen molar-refractivity contribution in [2.45, 2.75) is 6.92 Å². The van der Waals surface area contributed by atoms with Gasteiger partial charge in [-0.25, -0.2) is 0 Å². The Kier molecular flexibility index (Phi) is 5.29. The molecule has 130 valence electrons. The van der Waals surface area contributed by atoms with Crippen LogP contribution >= 0.6 is 11.6 Å². The number of pyridine rings is 1. The molecule has 5 nitrogen and oxygen atoms in total. The van der Waals surface area contributed by atoms with Gasteiger partial charge in [-0.2, -0.15) is 0 Å². The summed E-state index contributed by atoms with van der Waals surface area (Å²) in [5.41, 5.74) is 2.97. The number of halogens is 1. The standard InChI is InChI=1S/C20H16ClN3O2/c1-13-12-15(21)7-10-17(13)24-19(25)14-5-8-16(9-6-14)23-20(26)18-4-2-3-11-22-18/h2-12H,1H3,(H,23,26)(H,24,25). The number of aryl methyl sites for hydroxylation is 1. The average Bonchev–Trinajstić information content (AvgIpc) is 2.65. The Morgan fingerprint density at radius 2 is 1.69 bits per heavy atom. The highest BCUT2D eigenvalue weighted by atomic mass is 35.5. The molecule has 0 aliphatic heterocycles. The molecule has 3 aromatic rings.